The summed E-state index contributed by atoms with van der Waals surface area (Å²) >= 11 is 0. The fourth-order valence-electron chi connectivity index (χ4n) is 2.30. The Labute approximate surface area is 131 Å². The number of para-hydroxylation sites is 1. The molecule has 0 fully saturated rings. The van der Waals surface area contributed by atoms with E-state index in [0.29, 0.717) is 19.6 Å². The second kappa shape index (κ2) is 7.61. The average Bonchev–Trinajstić information content (AvgIpc) is 2.90. The largest absolute Gasteiger partial charge is 0.465 e. The SMILES string of the molecule is C=CCN(C(=O)CN(C)Cc1ccc(C)o1)c1ccccc1. The Morgan fingerprint density at radius 2 is 1.95 bits per heavy atom. The van der Waals surface area contributed by atoms with Crippen molar-refractivity contribution < 1.29 is 9.21 Å². The molecule has 0 N–H and O–H groups in total. The molecule has 4 nitrogen and oxygen atoms in total. The number of anilines is 1. The van der Waals surface area contributed by atoms with Crippen LogP contribution in [0.25, 0.3) is 0 Å². The second-order valence-electron chi connectivity index (χ2n) is 5.31. The Balaban J connectivity index is 2.00. The number of hydrogen-bond acceptors (Lipinski definition) is 3. The van der Waals surface area contributed by atoms with Gasteiger partial charge in [0.25, 0.3) is 0 Å². The zero-order valence-corrected chi connectivity index (χ0v) is 13.2. The molecule has 1 aromatic heterocycles. The molecule has 4 heteroatoms. The average molecular weight is 298 g/mol. The number of aryl methyl sites for hydroxylation is 1. The van der Waals surface area contributed by atoms with Gasteiger partial charge in [0.2, 0.25) is 5.91 Å². The number of nitrogens with zero attached hydrogens (tertiary/aromatic N) is 2. The van der Waals surface area contributed by atoms with Crippen molar-refractivity contribution in [1.29, 1.82) is 0 Å². The van der Waals surface area contributed by atoms with Crippen LogP contribution in [0.2, 0.25) is 0 Å². The molecule has 0 unspecified atom stereocenters. The molecule has 1 aromatic carbocycles. The van der Waals surface area contributed by atoms with Gasteiger partial charge < -0.3 is 9.32 Å². The third-order valence-corrected chi connectivity index (χ3v) is 3.31. The first-order valence-corrected chi connectivity index (χ1v) is 7.30. The molecule has 116 valence electrons. The maximum atomic E-state index is 12.5. The summed E-state index contributed by atoms with van der Waals surface area (Å²) in [4.78, 5) is 16.2. The van der Waals surface area contributed by atoms with Crippen molar-refractivity contribution in [2.45, 2.75) is 13.5 Å². The van der Waals surface area contributed by atoms with Crippen LogP contribution >= 0.6 is 0 Å². The number of carbonyl (C=O) groups is 1. The molecule has 0 saturated heterocycles. The quantitative estimate of drug-likeness (QED) is 0.736. The molecule has 0 bridgehead atoms. The summed E-state index contributed by atoms with van der Waals surface area (Å²) in [6.07, 6.45) is 1.74. The third-order valence-electron chi connectivity index (χ3n) is 3.31. The van der Waals surface area contributed by atoms with Crippen LogP contribution < -0.4 is 4.90 Å². The van der Waals surface area contributed by atoms with Crippen molar-refractivity contribution in [3.63, 3.8) is 0 Å². The van der Waals surface area contributed by atoms with Gasteiger partial charge in [0.15, 0.2) is 0 Å². The van der Waals surface area contributed by atoms with Crippen LogP contribution in [0.3, 0.4) is 0 Å². The molecule has 1 amide bonds. The van der Waals surface area contributed by atoms with Gasteiger partial charge in [-0.05, 0) is 38.2 Å². The van der Waals surface area contributed by atoms with Crippen LogP contribution in [0.1, 0.15) is 11.5 Å². The van der Waals surface area contributed by atoms with Gasteiger partial charge >= 0.3 is 0 Å². The maximum Gasteiger partial charge on any atom is 0.241 e. The molecule has 0 aliphatic rings. The predicted octanol–water partition coefficient (Wildman–Crippen LogP) is 3.24. The summed E-state index contributed by atoms with van der Waals surface area (Å²) in [5, 5.41) is 0. The Bertz CT molecular complexity index is 619. The van der Waals surface area contributed by atoms with Crippen molar-refractivity contribution in [3.8, 4) is 0 Å². The molecule has 0 aliphatic carbocycles. The number of hydrogen-bond donors (Lipinski definition) is 0. The lowest BCUT2D eigenvalue weighted by Gasteiger charge is -2.24. The molecule has 0 spiro atoms. The molecule has 0 atom stereocenters. The van der Waals surface area contributed by atoms with E-state index in [2.05, 4.69) is 6.58 Å². The van der Waals surface area contributed by atoms with Crippen molar-refractivity contribution in [1.82, 2.24) is 4.90 Å². The molecule has 2 aromatic rings. The van der Waals surface area contributed by atoms with Gasteiger partial charge in [0, 0.05) is 12.2 Å². The number of furan rings is 1. The number of benzene rings is 1. The highest BCUT2D eigenvalue weighted by atomic mass is 16.3. The van der Waals surface area contributed by atoms with E-state index in [-0.39, 0.29) is 5.91 Å². The van der Waals surface area contributed by atoms with E-state index in [1.54, 1.807) is 11.0 Å². The van der Waals surface area contributed by atoms with Gasteiger partial charge in [0.1, 0.15) is 11.5 Å². The Hall–Kier alpha value is -2.33. The lowest BCUT2D eigenvalue weighted by molar-refractivity contribution is -0.119. The van der Waals surface area contributed by atoms with E-state index >= 15 is 0 Å². The number of rotatable bonds is 7. The van der Waals surface area contributed by atoms with E-state index in [4.69, 9.17) is 4.42 Å². The van der Waals surface area contributed by atoms with E-state index in [9.17, 15) is 4.79 Å². The molecular formula is C18H22N2O2. The molecular weight excluding hydrogens is 276 g/mol. The maximum absolute atomic E-state index is 12.5. The van der Waals surface area contributed by atoms with Gasteiger partial charge in [0.05, 0.1) is 13.1 Å². The van der Waals surface area contributed by atoms with E-state index in [1.807, 2.05) is 61.3 Å². The Morgan fingerprint density at radius 3 is 2.55 bits per heavy atom. The van der Waals surface area contributed by atoms with Crippen LogP contribution in [-0.4, -0.2) is 30.9 Å². The topological polar surface area (TPSA) is 36.7 Å². The van der Waals surface area contributed by atoms with Crippen molar-refractivity contribution in [2.24, 2.45) is 0 Å². The second-order valence-corrected chi connectivity index (χ2v) is 5.31. The fourth-order valence-corrected chi connectivity index (χ4v) is 2.30. The first kappa shape index (κ1) is 16.0. The third kappa shape index (κ3) is 4.33. The van der Waals surface area contributed by atoms with Gasteiger partial charge in [-0.3, -0.25) is 9.69 Å². The lowest BCUT2D eigenvalue weighted by Crippen LogP contribution is -2.39. The van der Waals surface area contributed by atoms with Crippen LogP contribution in [0.5, 0.6) is 0 Å². The molecule has 0 radical (unpaired) electrons. The zero-order valence-electron chi connectivity index (χ0n) is 13.2. The Kier molecular flexibility index (Phi) is 5.55. The standard InChI is InChI=1S/C18H22N2O2/c1-4-12-20(16-8-6-5-7-9-16)18(21)14-19(3)13-17-11-10-15(2)22-17/h4-11H,1,12-14H2,2-3H3. The smallest absolute Gasteiger partial charge is 0.241 e. The summed E-state index contributed by atoms with van der Waals surface area (Å²) in [6, 6.07) is 13.5. The van der Waals surface area contributed by atoms with Crippen LogP contribution in [-0.2, 0) is 11.3 Å². The predicted molar refractivity (Wildman–Crippen MR) is 88.8 cm³/mol. The normalized spacial score (nSPS) is 10.7. The van der Waals surface area contributed by atoms with Gasteiger partial charge in [-0.2, -0.15) is 0 Å². The molecule has 1 heterocycles. The van der Waals surface area contributed by atoms with Gasteiger partial charge in [-0.15, -0.1) is 6.58 Å². The monoisotopic (exact) mass is 298 g/mol. The van der Waals surface area contributed by atoms with Gasteiger partial charge in [-0.25, -0.2) is 0 Å². The van der Waals surface area contributed by atoms with E-state index < -0.39 is 0 Å². The summed E-state index contributed by atoms with van der Waals surface area (Å²) in [7, 11) is 1.91. The van der Waals surface area contributed by atoms with E-state index in [1.165, 1.54) is 0 Å². The van der Waals surface area contributed by atoms with Gasteiger partial charge in [-0.1, -0.05) is 24.3 Å². The summed E-state index contributed by atoms with van der Waals surface area (Å²) in [5.74, 6) is 1.78. The fraction of sp³-hybridized carbons (Fsp3) is 0.278. The van der Waals surface area contributed by atoms with Crippen LogP contribution in [0, 0.1) is 6.92 Å². The summed E-state index contributed by atoms with van der Waals surface area (Å²) < 4.78 is 5.55. The molecule has 0 saturated carbocycles. The highest BCUT2D eigenvalue weighted by Crippen LogP contribution is 2.14. The molecule has 2 rings (SSSR count). The van der Waals surface area contributed by atoms with Crippen LogP contribution in [0.4, 0.5) is 5.69 Å². The molecule has 22 heavy (non-hydrogen) atoms. The first-order valence-electron chi connectivity index (χ1n) is 7.30. The number of amides is 1. The van der Waals surface area contributed by atoms with Crippen molar-refractivity contribution >= 4 is 11.6 Å². The lowest BCUT2D eigenvalue weighted by atomic mass is 10.2. The highest BCUT2D eigenvalue weighted by molar-refractivity contribution is 5.95. The van der Waals surface area contributed by atoms with Crippen molar-refractivity contribution in [2.75, 3.05) is 25.0 Å². The minimum atomic E-state index is 0.0388. The summed E-state index contributed by atoms with van der Waals surface area (Å²) in [5.41, 5.74) is 0.884. The summed E-state index contributed by atoms with van der Waals surface area (Å²) in [6.45, 7) is 7.07. The van der Waals surface area contributed by atoms with Crippen molar-refractivity contribution in [3.05, 3.63) is 66.6 Å². The number of carbonyl (C=O) groups excluding carboxylic acids is 1. The highest BCUT2D eigenvalue weighted by Gasteiger charge is 2.16. The zero-order chi connectivity index (χ0) is 15.9. The molecule has 0 aliphatic heterocycles. The van der Waals surface area contributed by atoms with Crippen LogP contribution in [0.15, 0.2) is 59.5 Å². The Morgan fingerprint density at radius 1 is 1.23 bits per heavy atom. The number of likely N-dealkylation sites (N-methyl/N-ethyl adjacent to an activating group) is 1. The van der Waals surface area contributed by atoms with E-state index in [0.717, 1.165) is 17.2 Å². The minimum absolute atomic E-state index is 0.0388. The first-order chi connectivity index (χ1) is 10.6. The minimum Gasteiger partial charge on any atom is -0.465 e.